The summed E-state index contributed by atoms with van der Waals surface area (Å²) in [6.45, 7) is 0. The predicted octanol–water partition coefficient (Wildman–Crippen LogP) is 1.20. The van der Waals surface area contributed by atoms with Gasteiger partial charge in [-0.3, -0.25) is 4.90 Å². The van der Waals surface area contributed by atoms with Crippen LogP contribution in [0, 0.1) is 5.92 Å². The molecule has 0 amide bonds. The van der Waals surface area contributed by atoms with E-state index in [1.54, 1.807) is 0 Å². The first-order valence-corrected chi connectivity index (χ1v) is 4.69. The average Bonchev–Trinajstić information content (AvgIpc) is 2.30. The van der Waals surface area contributed by atoms with Crippen LogP contribution in [0.15, 0.2) is 0 Å². The maximum absolute atomic E-state index is 9.77. The zero-order valence-electron chi connectivity index (χ0n) is 7.16. The molecule has 1 saturated carbocycles. The molecule has 64 valence electrons. The monoisotopic (exact) mass is 155 g/mol. The highest BCUT2D eigenvalue weighted by Gasteiger charge is 2.35. The summed E-state index contributed by atoms with van der Waals surface area (Å²) in [5, 5.41) is 9.77. The van der Waals surface area contributed by atoms with Gasteiger partial charge >= 0.3 is 0 Å². The highest BCUT2D eigenvalue weighted by Crippen LogP contribution is 2.35. The molecule has 0 aromatic carbocycles. The van der Waals surface area contributed by atoms with E-state index in [0.717, 1.165) is 0 Å². The second-order valence-corrected chi connectivity index (χ2v) is 4.00. The molecule has 2 nitrogen and oxygen atoms in total. The standard InChI is InChI=1S/C9H17NO/c1-10-8-4-2-3-7(5-6-8)9(10)11/h7-9,11H,2-6H2,1H3. The lowest BCUT2D eigenvalue weighted by Crippen LogP contribution is -2.46. The van der Waals surface area contributed by atoms with Crippen LogP contribution in [0.2, 0.25) is 0 Å². The highest BCUT2D eigenvalue weighted by molar-refractivity contribution is 4.86. The molecule has 0 spiro atoms. The first-order chi connectivity index (χ1) is 5.29. The van der Waals surface area contributed by atoms with E-state index in [-0.39, 0.29) is 6.23 Å². The van der Waals surface area contributed by atoms with Gasteiger partial charge in [-0.15, -0.1) is 0 Å². The quantitative estimate of drug-likeness (QED) is 0.568. The highest BCUT2D eigenvalue weighted by atomic mass is 16.3. The molecule has 3 fully saturated rings. The molecular weight excluding hydrogens is 138 g/mol. The number of piperidine rings is 1. The fourth-order valence-corrected chi connectivity index (χ4v) is 2.56. The summed E-state index contributed by atoms with van der Waals surface area (Å²) in [6, 6.07) is 0.670. The molecule has 11 heavy (non-hydrogen) atoms. The number of hydrogen-bond donors (Lipinski definition) is 1. The van der Waals surface area contributed by atoms with Crippen LogP contribution < -0.4 is 0 Å². The van der Waals surface area contributed by atoms with Gasteiger partial charge in [0.15, 0.2) is 0 Å². The van der Waals surface area contributed by atoms with Crippen molar-refractivity contribution >= 4 is 0 Å². The van der Waals surface area contributed by atoms with Crippen LogP contribution in [0.3, 0.4) is 0 Å². The molecule has 0 radical (unpaired) electrons. The maximum atomic E-state index is 9.77. The van der Waals surface area contributed by atoms with E-state index in [1.807, 2.05) is 0 Å². The molecule has 1 aliphatic carbocycles. The summed E-state index contributed by atoms with van der Waals surface area (Å²) in [5.74, 6) is 0.568. The Kier molecular flexibility index (Phi) is 1.90. The number of rotatable bonds is 0. The van der Waals surface area contributed by atoms with Gasteiger partial charge in [0.2, 0.25) is 0 Å². The molecule has 3 rings (SSSR count). The lowest BCUT2D eigenvalue weighted by atomic mass is 9.93. The molecule has 1 N–H and O–H groups in total. The summed E-state index contributed by atoms with van der Waals surface area (Å²) in [6.07, 6.45) is 6.26. The first-order valence-electron chi connectivity index (χ1n) is 4.69. The summed E-state index contributed by atoms with van der Waals surface area (Å²) in [7, 11) is 2.06. The Labute approximate surface area is 68.2 Å². The Bertz CT molecular complexity index is 124. The van der Waals surface area contributed by atoms with E-state index in [1.165, 1.54) is 32.1 Å². The van der Waals surface area contributed by atoms with Crippen LogP contribution in [0.1, 0.15) is 32.1 Å². The zero-order valence-corrected chi connectivity index (χ0v) is 7.16. The molecule has 0 aromatic rings. The summed E-state index contributed by atoms with van der Waals surface area (Å²) >= 11 is 0. The second-order valence-electron chi connectivity index (χ2n) is 4.00. The Morgan fingerprint density at radius 1 is 1.18 bits per heavy atom. The van der Waals surface area contributed by atoms with E-state index in [0.29, 0.717) is 12.0 Å². The van der Waals surface area contributed by atoms with Gasteiger partial charge in [0, 0.05) is 6.04 Å². The SMILES string of the molecule is CN1C2CCCC(CC2)C1O. The van der Waals surface area contributed by atoms with Crippen molar-refractivity contribution in [1.29, 1.82) is 0 Å². The van der Waals surface area contributed by atoms with Gasteiger partial charge in [0.25, 0.3) is 0 Å². The normalized spacial score (nSPS) is 45.8. The average molecular weight is 155 g/mol. The minimum atomic E-state index is -0.142. The van der Waals surface area contributed by atoms with Gasteiger partial charge in [0.1, 0.15) is 6.23 Å². The maximum Gasteiger partial charge on any atom is 0.110 e. The van der Waals surface area contributed by atoms with Crippen molar-refractivity contribution in [3.05, 3.63) is 0 Å². The van der Waals surface area contributed by atoms with E-state index in [9.17, 15) is 5.11 Å². The van der Waals surface area contributed by atoms with Crippen molar-refractivity contribution in [2.24, 2.45) is 5.92 Å². The van der Waals surface area contributed by atoms with Crippen molar-refractivity contribution < 1.29 is 5.11 Å². The van der Waals surface area contributed by atoms with Crippen molar-refractivity contribution in [2.75, 3.05) is 7.05 Å². The molecule has 0 aromatic heterocycles. The topological polar surface area (TPSA) is 23.5 Å². The van der Waals surface area contributed by atoms with Crippen LogP contribution in [0.4, 0.5) is 0 Å². The van der Waals surface area contributed by atoms with Crippen LogP contribution in [-0.4, -0.2) is 29.3 Å². The molecule has 2 heterocycles. The summed E-state index contributed by atoms with van der Waals surface area (Å²) in [5.41, 5.74) is 0. The van der Waals surface area contributed by atoms with Crippen molar-refractivity contribution in [1.82, 2.24) is 4.90 Å². The van der Waals surface area contributed by atoms with Gasteiger partial charge < -0.3 is 5.11 Å². The molecule has 2 bridgehead atoms. The van der Waals surface area contributed by atoms with Crippen molar-refractivity contribution in [2.45, 2.75) is 44.4 Å². The van der Waals surface area contributed by atoms with Crippen LogP contribution >= 0.6 is 0 Å². The number of fused-ring (bicyclic) bond motifs is 4. The molecular formula is C9H17NO. The van der Waals surface area contributed by atoms with Crippen LogP contribution in [0.25, 0.3) is 0 Å². The Morgan fingerprint density at radius 3 is 2.82 bits per heavy atom. The van der Waals surface area contributed by atoms with Gasteiger partial charge in [-0.1, -0.05) is 6.42 Å². The predicted molar refractivity (Wildman–Crippen MR) is 44.1 cm³/mol. The van der Waals surface area contributed by atoms with E-state index in [2.05, 4.69) is 11.9 Å². The molecule has 2 heteroatoms. The second kappa shape index (κ2) is 2.76. The smallest absolute Gasteiger partial charge is 0.110 e. The minimum Gasteiger partial charge on any atom is -0.378 e. The number of nitrogens with zero attached hydrogens (tertiary/aromatic N) is 1. The van der Waals surface area contributed by atoms with Gasteiger partial charge in [-0.25, -0.2) is 0 Å². The van der Waals surface area contributed by atoms with Gasteiger partial charge in [0.05, 0.1) is 0 Å². The van der Waals surface area contributed by atoms with Crippen LogP contribution in [0.5, 0.6) is 0 Å². The van der Waals surface area contributed by atoms with Crippen molar-refractivity contribution in [3.8, 4) is 0 Å². The third kappa shape index (κ3) is 1.18. The first kappa shape index (κ1) is 7.56. The molecule has 3 unspecified atom stereocenters. The number of aliphatic hydroxyl groups excluding tert-OH is 1. The number of aliphatic hydroxyl groups is 1. The van der Waals surface area contributed by atoms with Crippen LogP contribution in [-0.2, 0) is 0 Å². The van der Waals surface area contributed by atoms with E-state index in [4.69, 9.17) is 0 Å². The van der Waals surface area contributed by atoms with E-state index >= 15 is 0 Å². The fraction of sp³-hybridized carbons (Fsp3) is 1.00. The Morgan fingerprint density at radius 2 is 2.00 bits per heavy atom. The molecule has 2 saturated heterocycles. The number of hydrogen-bond acceptors (Lipinski definition) is 2. The van der Waals surface area contributed by atoms with Crippen molar-refractivity contribution in [3.63, 3.8) is 0 Å². The molecule has 3 atom stereocenters. The Balaban J connectivity index is 2.15. The zero-order chi connectivity index (χ0) is 7.84. The third-order valence-corrected chi connectivity index (χ3v) is 3.40. The molecule has 3 aliphatic rings. The fourth-order valence-electron chi connectivity index (χ4n) is 2.56. The summed E-state index contributed by atoms with van der Waals surface area (Å²) in [4.78, 5) is 2.17. The lowest BCUT2D eigenvalue weighted by molar-refractivity contribution is -0.0691. The molecule has 2 aliphatic heterocycles. The third-order valence-electron chi connectivity index (χ3n) is 3.40. The lowest BCUT2D eigenvalue weighted by Gasteiger charge is -2.38. The van der Waals surface area contributed by atoms with Gasteiger partial charge in [-0.2, -0.15) is 0 Å². The Hall–Kier alpha value is -0.0800. The van der Waals surface area contributed by atoms with E-state index < -0.39 is 0 Å². The minimum absolute atomic E-state index is 0.142. The summed E-state index contributed by atoms with van der Waals surface area (Å²) < 4.78 is 0. The van der Waals surface area contributed by atoms with Gasteiger partial charge in [-0.05, 0) is 38.6 Å². The largest absolute Gasteiger partial charge is 0.378 e.